The van der Waals surface area contributed by atoms with Crippen LogP contribution in [0.25, 0.3) is 0 Å². The first-order valence-electron chi connectivity index (χ1n) is 18.6. The molecule has 0 saturated heterocycles. The topological polar surface area (TPSA) is 35.5 Å². The highest BCUT2D eigenvalue weighted by Gasteiger charge is 2.13. The van der Waals surface area contributed by atoms with Gasteiger partial charge in [0.1, 0.15) is 5.75 Å². The maximum Gasteiger partial charge on any atom is 0.343 e. The van der Waals surface area contributed by atoms with Crippen LogP contribution < -0.4 is 4.74 Å². The van der Waals surface area contributed by atoms with Gasteiger partial charge in [-0.25, -0.2) is 4.79 Å². The molecule has 0 radical (unpaired) electrons. The molecule has 44 heavy (non-hydrogen) atoms. The summed E-state index contributed by atoms with van der Waals surface area (Å²) in [5.41, 5.74) is 3.00. The largest absolute Gasteiger partial charge is 0.423 e. The first-order chi connectivity index (χ1) is 21.6. The lowest BCUT2D eigenvalue weighted by atomic mass is 9.90. The first kappa shape index (κ1) is 38.1. The minimum Gasteiger partial charge on any atom is -0.423 e. The van der Waals surface area contributed by atoms with Gasteiger partial charge >= 0.3 is 5.97 Å². The predicted octanol–water partition coefficient (Wildman–Crippen LogP) is 13.3. The van der Waals surface area contributed by atoms with E-state index >= 15 is 0 Å². The second-order valence-corrected chi connectivity index (χ2v) is 13.0. The number of carbonyl (C=O) groups is 1. The number of benzene rings is 2. The monoisotopic (exact) mass is 607 g/mol. The molecule has 2 rings (SSSR count). The van der Waals surface area contributed by atoms with Gasteiger partial charge in [-0.1, -0.05) is 161 Å². The molecule has 2 aromatic rings. The van der Waals surface area contributed by atoms with E-state index in [1.54, 1.807) is 0 Å². The second kappa shape index (κ2) is 25.1. The van der Waals surface area contributed by atoms with Crippen molar-refractivity contribution < 1.29 is 14.3 Å². The molecule has 0 fully saturated rings. The van der Waals surface area contributed by atoms with Crippen molar-refractivity contribution in [2.75, 3.05) is 6.61 Å². The van der Waals surface area contributed by atoms with Crippen LogP contribution in [0.5, 0.6) is 5.75 Å². The third kappa shape index (κ3) is 16.8. The van der Waals surface area contributed by atoms with Gasteiger partial charge in [-0.15, -0.1) is 0 Å². The van der Waals surface area contributed by atoms with Gasteiger partial charge in [-0.05, 0) is 67.5 Å². The van der Waals surface area contributed by atoms with E-state index in [1.165, 1.54) is 134 Å². The van der Waals surface area contributed by atoms with E-state index in [9.17, 15) is 4.79 Å². The molecule has 3 nitrogen and oxygen atoms in total. The van der Waals surface area contributed by atoms with Gasteiger partial charge in [-0.3, -0.25) is 0 Å². The van der Waals surface area contributed by atoms with Crippen molar-refractivity contribution in [3.05, 3.63) is 65.2 Å². The van der Waals surface area contributed by atoms with Gasteiger partial charge in [0.05, 0.1) is 11.7 Å². The third-order valence-corrected chi connectivity index (χ3v) is 9.09. The van der Waals surface area contributed by atoms with E-state index in [4.69, 9.17) is 9.47 Å². The average Bonchev–Trinajstić information content (AvgIpc) is 3.05. The van der Waals surface area contributed by atoms with E-state index < -0.39 is 0 Å². The maximum atomic E-state index is 12.8. The van der Waals surface area contributed by atoms with Gasteiger partial charge in [0, 0.05) is 6.61 Å². The van der Waals surface area contributed by atoms with Crippen LogP contribution in [0.3, 0.4) is 0 Å². The Morgan fingerprint density at radius 2 is 1.02 bits per heavy atom. The lowest BCUT2D eigenvalue weighted by Crippen LogP contribution is -2.09. The molecule has 0 aromatic heterocycles. The highest BCUT2D eigenvalue weighted by atomic mass is 16.5. The number of rotatable bonds is 27. The summed E-state index contributed by atoms with van der Waals surface area (Å²) < 4.78 is 11.8. The lowest BCUT2D eigenvalue weighted by molar-refractivity contribution is 0.0626. The van der Waals surface area contributed by atoms with Crippen molar-refractivity contribution in [2.24, 2.45) is 0 Å². The van der Waals surface area contributed by atoms with Crippen LogP contribution >= 0.6 is 0 Å². The first-order valence-corrected chi connectivity index (χ1v) is 18.6. The molecule has 0 spiro atoms. The zero-order valence-corrected chi connectivity index (χ0v) is 29.1. The van der Waals surface area contributed by atoms with E-state index in [-0.39, 0.29) is 12.1 Å². The van der Waals surface area contributed by atoms with E-state index in [1.807, 2.05) is 36.4 Å². The number of hydrogen-bond acceptors (Lipinski definition) is 3. The highest BCUT2D eigenvalue weighted by molar-refractivity contribution is 5.91. The van der Waals surface area contributed by atoms with Crippen LogP contribution in [-0.4, -0.2) is 12.6 Å². The molecule has 0 amide bonds. The lowest BCUT2D eigenvalue weighted by Gasteiger charge is -2.17. The Bertz CT molecular complexity index is 949. The number of carbonyl (C=O) groups excluding carboxylic acids is 1. The van der Waals surface area contributed by atoms with Crippen molar-refractivity contribution in [1.29, 1.82) is 0 Å². The van der Waals surface area contributed by atoms with Crippen LogP contribution in [0.1, 0.15) is 196 Å². The summed E-state index contributed by atoms with van der Waals surface area (Å²) in [5.74, 6) is 0.872. The Morgan fingerprint density at radius 3 is 1.52 bits per heavy atom. The van der Waals surface area contributed by atoms with Crippen LogP contribution in [0.4, 0.5) is 0 Å². The minimum absolute atomic E-state index is 0.0210. The van der Waals surface area contributed by atoms with Crippen molar-refractivity contribution >= 4 is 5.97 Å². The smallest absolute Gasteiger partial charge is 0.343 e. The van der Waals surface area contributed by atoms with Gasteiger partial charge in [0.2, 0.25) is 0 Å². The standard InChI is InChI=1S/C41H66O3/c1-5-8-10-11-12-13-14-15-16-17-18-19-20-21-22-23-34-43-35(4)36-26-28-39(29-27-36)41(42)44-40-32-30-38(31-33-40)37(24-7-3)25-9-6-2/h26-33,35,37H,5-25,34H2,1-4H3. The molecule has 0 heterocycles. The van der Waals surface area contributed by atoms with Crippen LogP contribution in [0.15, 0.2) is 48.5 Å². The van der Waals surface area contributed by atoms with E-state index in [2.05, 4.69) is 39.8 Å². The Kier molecular flexibility index (Phi) is 21.7. The zero-order valence-electron chi connectivity index (χ0n) is 29.1. The Labute approximate surface area is 271 Å². The quantitative estimate of drug-likeness (QED) is 0.0576. The summed E-state index contributed by atoms with van der Waals surface area (Å²) in [4.78, 5) is 12.8. The number of esters is 1. The molecule has 2 aromatic carbocycles. The Morgan fingerprint density at radius 1 is 0.545 bits per heavy atom. The Balaban J connectivity index is 1.54. The summed E-state index contributed by atoms with van der Waals surface area (Å²) in [7, 11) is 0. The molecule has 0 aliphatic heterocycles. The molecule has 0 aliphatic rings. The molecule has 0 bridgehead atoms. The number of unbranched alkanes of at least 4 members (excludes halogenated alkanes) is 16. The van der Waals surface area contributed by atoms with E-state index in [0.29, 0.717) is 17.2 Å². The van der Waals surface area contributed by atoms with Crippen molar-refractivity contribution in [3.8, 4) is 5.75 Å². The summed E-state index contributed by atoms with van der Waals surface area (Å²) >= 11 is 0. The molecule has 0 N–H and O–H groups in total. The van der Waals surface area contributed by atoms with Crippen LogP contribution in [0, 0.1) is 0 Å². The third-order valence-electron chi connectivity index (χ3n) is 9.09. The SMILES string of the molecule is CCCCCCCCCCCCCCCCCCOC(C)c1ccc(C(=O)Oc2ccc(C(CCC)CCCC)cc2)cc1. The summed E-state index contributed by atoms with van der Waals surface area (Å²) in [6.07, 6.45) is 28.1. The van der Waals surface area contributed by atoms with Crippen molar-refractivity contribution in [2.45, 2.75) is 175 Å². The molecular weight excluding hydrogens is 540 g/mol. The molecule has 2 unspecified atom stereocenters. The summed E-state index contributed by atoms with van der Waals surface area (Å²) in [6.45, 7) is 9.66. The molecule has 3 heteroatoms. The molecule has 0 aliphatic carbocycles. The van der Waals surface area contributed by atoms with Crippen molar-refractivity contribution in [3.63, 3.8) is 0 Å². The van der Waals surface area contributed by atoms with Gasteiger partial charge in [-0.2, -0.15) is 0 Å². The van der Waals surface area contributed by atoms with E-state index in [0.717, 1.165) is 18.6 Å². The fourth-order valence-corrected chi connectivity index (χ4v) is 6.15. The number of hydrogen-bond donors (Lipinski definition) is 0. The number of ether oxygens (including phenoxy) is 2. The predicted molar refractivity (Wildman–Crippen MR) is 189 cm³/mol. The summed E-state index contributed by atoms with van der Waals surface area (Å²) in [5, 5.41) is 0. The molecule has 2 atom stereocenters. The zero-order chi connectivity index (χ0) is 31.7. The highest BCUT2D eigenvalue weighted by Crippen LogP contribution is 2.29. The molecule has 0 saturated carbocycles. The molecular formula is C41H66O3. The van der Waals surface area contributed by atoms with Crippen molar-refractivity contribution in [1.82, 2.24) is 0 Å². The van der Waals surface area contributed by atoms with Crippen LogP contribution in [0.2, 0.25) is 0 Å². The fourth-order valence-electron chi connectivity index (χ4n) is 6.15. The summed E-state index contributed by atoms with van der Waals surface area (Å²) in [6, 6.07) is 15.8. The Hall–Kier alpha value is -2.13. The maximum absolute atomic E-state index is 12.8. The second-order valence-electron chi connectivity index (χ2n) is 13.0. The van der Waals surface area contributed by atoms with Gasteiger partial charge in [0.25, 0.3) is 0 Å². The van der Waals surface area contributed by atoms with Gasteiger partial charge in [0.15, 0.2) is 0 Å². The fraction of sp³-hybridized carbons (Fsp3) is 0.683. The van der Waals surface area contributed by atoms with Crippen LogP contribution in [-0.2, 0) is 4.74 Å². The van der Waals surface area contributed by atoms with Gasteiger partial charge < -0.3 is 9.47 Å². The minimum atomic E-state index is -0.317. The average molecular weight is 607 g/mol. The normalized spacial score (nSPS) is 12.7. The molecule has 248 valence electrons.